The van der Waals surface area contributed by atoms with Crippen molar-refractivity contribution in [1.29, 1.82) is 0 Å². The highest BCUT2D eigenvalue weighted by Gasteiger charge is 2.38. The van der Waals surface area contributed by atoms with Crippen LogP contribution >= 0.6 is 0 Å². The second-order valence-corrected chi connectivity index (χ2v) is 4.18. The highest BCUT2D eigenvalue weighted by Crippen LogP contribution is 2.38. The van der Waals surface area contributed by atoms with Crippen molar-refractivity contribution in [3.63, 3.8) is 0 Å². The van der Waals surface area contributed by atoms with Crippen molar-refractivity contribution in [2.45, 2.75) is 44.6 Å². The zero-order valence-corrected chi connectivity index (χ0v) is 6.82. The lowest BCUT2D eigenvalue weighted by atomic mass is 9.92. The van der Waals surface area contributed by atoms with Gasteiger partial charge in [0.1, 0.15) is 0 Å². The predicted octanol–water partition coefficient (Wildman–Crippen LogP) is 1.93. The van der Waals surface area contributed by atoms with Gasteiger partial charge in [0.25, 0.3) is 0 Å². The first-order chi connectivity index (χ1) is 4.81. The molecule has 10 heavy (non-hydrogen) atoms. The van der Waals surface area contributed by atoms with Gasteiger partial charge < -0.3 is 5.32 Å². The molecule has 1 aliphatic heterocycles. The lowest BCUT2D eigenvalue weighted by Gasteiger charge is -2.22. The molecule has 0 aromatic rings. The van der Waals surface area contributed by atoms with Gasteiger partial charge in [-0.05, 0) is 31.7 Å². The first-order valence-corrected chi connectivity index (χ1v) is 4.56. The van der Waals surface area contributed by atoms with Gasteiger partial charge in [-0.15, -0.1) is 0 Å². The SMILES string of the molecule is CC1CNC2(CCCC2)C1. The topological polar surface area (TPSA) is 12.0 Å². The van der Waals surface area contributed by atoms with E-state index in [0.29, 0.717) is 5.54 Å². The van der Waals surface area contributed by atoms with Crippen molar-refractivity contribution >= 4 is 0 Å². The highest BCUT2D eigenvalue weighted by molar-refractivity contribution is 4.98. The van der Waals surface area contributed by atoms with Crippen LogP contribution in [0.15, 0.2) is 0 Å². The van der Waals surface area contributed by atoms with E-state index in [9.17, 15) is 0 Å². The molecule has 1 heteroatoms. The Morgan fingerprint density at radius 2 is 2.00 bits per heavy atom. The Morgan fingerprint density at radius 3 is 2.50 bits per heavy atom. The second kappa shape index (κ2) is 2.23. The van der Waals surface area contributed by atoms with Crippen molar-refractivity contribution in [3.05, 3.63) is 0 Å². The van der Waals surface area contributed by atoms with Crippen LogP contribution in [0.1, 0.15) is 39.0 Å². The summed E-state index contributed by atoms with van der Waals surface area (Å²) >= 11 is 0. The summed E-state index contributed by atoms with van der Waals surface area (Å²) in [6.07, 6.45) is 7.24. The molecule has 1 spiro atoms. The lowest BCUT2D eigenvalue weighted by Crippen LogP contribution is -2.35. The average Bonchev–Trinajstić information content (AvgIpc) is 2.46. The first-order valence-electron chi connectivity index (χ1n) is 4.56. The summed E-state index contributed by atoms with van der Waals surface area (Å²) in [4.78, 5) is 0. The summed E-state index contributed by atoms with van der Waals surface area (Å²) in [6, 6.07) is 0. The maximum absolute atomic E-state index is 3.68. The summed E-state index contributed by atoms with van der Waals surface area (Å²) in [6.45, 7) is 3.63. The molecule has 0 aromatic carbocycles. The molecule has 1 unspecified atom stereocenters. The van der Waals surface area contributed by atoms with Gasteiger partial charge in [-0.25, -0.2) is 0 Å². The monoisotopic (exact) mass is 139 g/mol. The molecular formula is C9H17N. The van der Waals surface area contributed by atoms with Crippen LogP contribution in [0.2, 0.25) is 0 Å². The molecule has 2 fully saturated rings. The van der Waals surface area contributed by atoms with E-state index in [0.717, 1.165) is 5.92 Å². The van der Waals surface area contributed by atoms with Gasteiger partial charge in [-0.2, -0.15) is 0 Å². The summed E-state index contributed by atoms with van der Waals surface area (Å²) < 4.78 is 0. The molecule has 1 heterocycles. The molecule has 2 rings (SSSR count). The molecule has 58 valence electrons. The van der Waals surface area contributed by atoms with E-state index < -0.39 is 0 Å². The molecule has 1 saturated heterocycles. The van der Waals surface area contributed by atoms with E-state index in [-0.39, 0.29) is 0 Å². The van der Waals surface area contributed by atoms with E-state index in [1.807, 2.05) is 0 Å². The van der Waals surface area contributed by atoms with Gasteiger partial charge in [-0.1, -0.05) is 19.8 Å². The zero-order chi connectivity index (χ0) is 7.03. The van der Waals surface area contributed by atoms with Gasteiger partial charge in [-0.3, -0.25) is 0 Å². The minimum absolute atomic E-state index is 0.611. The van der Waals surface area contributed by atoms with Gasteiger partial charge in [0.2, 0.25) is 0 Å². The number of hydrogen-bond donors (Lipinski definition) is 1. The van der Waals surface area contributed by atoms with E-state index in [4.69, 9.17) is 0 Å². The predicted molar refractivity (Wildman–Crippen MR) is 43.0 cm³/mol. The van der Waals surface area contributed by atoms with Crippen molar-refractivity contribution in [3.8, 4) is 0 Å². The van der Waals surface area contributed by atoms with Crippen molar-refractivity contribution in [2.75, 3.05) is 6.54 Å². The van der Waals surface area contributed by atoms with Crippen LogP contribution in [0.3, 0.4) is 0 Å². The quantitative estimate of drug-likeness (QED) is 0.540. The zero-order valence-electron chi connectivity index (χ0n) is 6.82. The minimum Gasteiger partial charge on any atom is -0.311 e. The molecule has 2 aliphatic rings. The summed E-state index contributed by atoms with van der Waals surface area (Å²) in [5.74, 6) is 0.929. The number of nitrogens with one attached hydrogen (secondary N) is 1. The minimum atomic E-state index is 0.611. The van der Waals surface area contributed by atoms with Crippen LogP contribution in [-0.2, 0) is 0 Å². The van der Waals surface area contributed by atoms with Crippen molar-refractivity contribution in [2.24, 2.45) is 5.92 Å². The Balaban J connectivity index is 2.03. The fourth-order valence-corrected chi connectivity index (χ4v) is 2.63. The fourth-order valence-electron chi connectivity index (χ4n) is 2.63. The Labute approximate surface area is 63.2 Å². The van der Waals surface area contributed by atoms with Crippen LogP contribution in [0.25, 0.3) is 0 Å². The molecule has 0 aromatic heterocycles. The molecule has 1 atom stereocenters. The van der Waals surface area contributed by atoms with Gasteiger partial charge in [0, 0.05) is 5.54 Å². The summed E-state index contributed by atoms with van der Waals surface area (Å²) in [5, 5.41) is 3.68. The molecule has 1 nitrogen and oxygen atoms in total. The van der Waals surface area contributed by atoms with Crippen LogP contribution in [0.4, 0.5) is 0 Å². The Morgan fingerprint density at radius 1 is 1.30 bits per heavy atom. The molecule has 0 bridgehead atoms. The lowest BCUT2D eigenvalue weighted by molar-refractivity contribution is 0.379. The van der Waals surface area contributed by atoms with Crippen molar-refractivity contribution < 1.29 is 0 Å². The molecule has 0 radical (unpaired) electrons. The number of hydrogen-bond acceptors (Lipinski definition) is 1. The second-order valence-electron chi connectivity index (χ2n) is 4.18. The third kappa shape index (κ3) is 0.968. The van der Waals surface area contributed by atoms with E-state index >= 15 is 0 Å². The standard InChI is InChI=1S/C9H17N/c1-8-6-9(10-7-8)4-2-3-5-9/h8,10H,2-7H2,1H3. The molecule has 1 aliphatic carbocycles. The van der Waals surface area contributed by atoms with Gasteiger partial charge in [0.05, 0.1) is 0 Å². The van der Waals surface area contributed by atoms with E-state index in [2.05, 4.69) is 12.2 Å². The summed E-state index contributed by atoms with van der Waals surface area (Å²) in [5.41, 5.74) is 0.611. The maximum Gasteiger partial charge on any atom is 0.0184 e. The average molecular weight is 139 g/mol. The van der Waals surface area contributed by atoms with Crippen molar-refractivity contribution in [1.82, 2.24) is 5.32 Å². The highest BCUT2D eigenvalue weighted by atomic mass is 15.0. The normalized spacial score (nSPS) is 37.5. The van der Waals surface area contributed by atoms with E-state index in [1.54, 1.807) is 0 Å². The molecule has 1 N–H and O–H groups in total. The van der Waals surface area contributed by atoms with Crippen LogP contribution in [0.5, 0.6) is 0 Å². The van der Waals surface area contributed by atoms with Gasteiger partial charge in [0.15, 0.2) is 0 Å². The summed E-state index contributed by atoms with van der Waals surface area (Å²) in [7, 11) is 0. The van der Waals surface area contributed by atoms with Crippen LogP contribution in [0, 0.1) is 5.92 Å². The Kier molecular flexibility index (Phi) is 1.48. The number of rotatable bonds is 0. The maximum atomic E-state index is 3.68. The largest absolute Gasteiger partial charge is 0.311 e. The van der Waals surface area contributed by atoms with E-state index in [1.165, 1.54) is 38.6 Å². The van der Waals surface area contributed by atoms with Crippen LogP contribution < -0.4 is 5.32 Å². The van der Waals surface area contributed by atoms with Gasteiger partial charge >= 0.3 is 0 Å². The molecular weight excluding hydrogens is 122 g/mol. The fraction of sp³-hybridized carbons (Fsp3) is 1.00. The molecule has 1 saturated carbocycles. The van der Waals surface area contributed by atoms with Crippen LogP contribution in [-0.4, -0.2) is 12.1 Å². The third-order valence-electron chi connectivity index (χ3n) is 3.13. The Bertz CT molecular complexity index is 125. The Hall–Kier alpha value is -0.0400. The third-order valence-corrected chi connectivity index (χ3v) is 3.13. The first kappa shape index (κ1) is 6.66. The molecule has 0 amide bonds. The smallest absolute Gasteiger partial charge is 0.0184 e.